The summed E-state index contributed by atoms with van der Waals surface area (Å²) in [7, 11) is 0. The van der Waals surface area contributed by atoms with E-state index in [9.17, 15) is 4.39 Å². The standard InChI is InChI=1S/C24H26FNO/c25-22-12-4-10-20-11-5-13-23(24(20)22)27-21-14-17-26(18-15-21)16-6-9-19-7-2-1-3-8-19/h1-5,7-8,10-13,21H,6,9,14-18H2. The zero-order valence-corrected chi connectivity index (χ0v) is 15.6. The first-order valence-corrected chi connectivity index (χ1v) is 9.90. The fourth-order valence-electron chi connectivity index (χ4n) is 3.94. The summed E-state index contributed by atoms with van der Waals surface area (Å²) in [4.78, 5) is 2.52. The van der Waals surface area contributed by atoms with Gasteiger partial charge in [-0.1, -0.05) is 54.6 Å². The molecule has 0 N–H and O–H groups in total. The first kappa shape index (κ1) is 18.0. The third-order valence-corrected chi connectivity index (χ3v) is 5.43. The van der Waals surface area contributed by atoms with Crippen LogP contribution in [-0.2, 0) is 6.42 Å². The second kappa shape index (κ2) is 8.53. The summed E-state index contributed by atoms with van der Waals surface area (Å²) in [6.07, 6.45) is 4.48. The van der Waals surface area contributed by atoms with Crippen molar-refractivity contribution in [3.05, 3.63) is 78.1 Å². The molecule has 1 heterocycles. The molecule has 0 spiro atoms. The van der Waals surface area contributed by atoms with E-state index in [1.807, 2.05) is 24.3 Å². The monoisotopic (exact) mass is 363 g/mol. The number of hydrogen-bond acceptors (Lipinski definition) is 2. The van der Waals surface area contributed by atoms with Crippen molar-refractivity contribution in [1.82, 2.24) is 4.90 Å². The minimum absolute atomic E-state index is 0.167. The summed E-state index contributed by atoms with van der Waals surface area (Å²) >= 11 is 0. The van der Waals surface area contributed by atoms with Gasteiger partial charge in [0.25, 0.3) is 0 Å². The first-order chi connectivity index (χ1) is 13.3. The van der Waals surface area contributed by atoms with Crippen LogP contribution in [0.1, 0.15) is 24.8 Å². The lowest BCUT2D eigenvalue weighted by Crippen LogP contribution is -2.38. The van der Waals surface area contributed by atoms with Crippen molar-refractivity contribution in [3.8, 4) is 5.75 Å². The zero-order chi connectivity index (χ0) is 18.5. The number of hydrogen-bond donors (Lipinski definition) is 0. The second-order valence-corrected chi connectivity index (χ2v) is 7.34. The Balaban J connectivity index is 1.29. The average molecular weight is 363 g/mol. The number of ether oxygens (including phenoxy) is 1. The van der Waals surface area contributed by atoms with Crippen molar-refractivity contribution in [2.75, 3.05) is 19.6 Å². The Labute approximate surface area is 160 Å². The number of nitrogens with zero attached hydrogens (tertiary/aromatic N) is 1. The SMILES string of the molecule is Fc1cccc2cccc(OC3CCN(CCCc4ccccc4)CC3)c12. The second-order valence-electron chi connectivity index (χ2n) is 7.34. The normalized spacial score (nSPS) is 15.9. The maximum atomic E-state index is 14.3. The smallest absolute Gasteiger partial charge is 0.134 e. The van der Waals surface area contributed by atoms with Gasteiger partial charge in [0.05, 0.1) is 5.39 Å². The fraction of sp³-hybridized carbons (Fsp3) is 0.333. The third kappa shape index (κ3) is 4.48. The Bertz CT molecular complexity index is 867. The van der Waals surface area contributed by atoms with Crippen LogP contribution >= 0.6 is 0 Å². The summed E-state index contributed by atoms with van der Waals surface area (Å²) in [6.45, 7) is 3.23. The van der Waals surface area contributed by atoms with Crippen LogP contribution in [0.2, 0.25) is 0 Å². The van der Waals surface area contributed by atoms with Crippen molar-refractivity contribution < 1.29 is 9.13 Å². The molecule has 4 rings (SSSR count). The van der Waals surface area contributed by atoms with E-state index in [0.717, 1.165) is 44.3 Å². The van der Waals surface area contributed by atoms with Gasteiger partial charge in [0.2, 0.25) is 0 Å². The Kier molecular flexibility index (Phi) is 5.69. The average Bonchev–Trinajstić information content (AvgIpc) is 2.70. The summed E-state index contributed by atoms with van der Waals surface area (Å²) in [5.74, 6) is 0.467. The molecule has 27 heavy (non-hydrogen) atoms. The number of fused-ring (bicyclic) bond motifs is 1. The predicted octanol–water partition coefficient (Wildman–Crippen LogP) is 5.45. The zero-order valence-electron chi connectivity index (χ0n) is 15.6. The highest BCUT2D eigenvalue weighted by molar-refractivity contribution is 5.88. The molecule has 3 heteroatoms. The van der Waals surface area contributed by atoms with Crippen LogP contribution in [0.25, 0.3) is 10.8 Å². The lowest BCUT2D eigenvalue weighted by Gasteiger charge is -2.32. The van der Waals surface area contributed by atoms with Gasteiger partial charge in [-0.15, -0.1) is 0 Å². The number of halogens is 1. The van der Waals surface area contributed by atoms with Crippen molar-refractivity contribution in [3.63, 3.8) is 0 Å². The molecule has 0 aliphatic carbocycles. The van der Waals surface area contributed by atoms with Crippen LogP contribution in [0.5, 0.6) is 5.75 Å². The van der Waals surface area contributed by atoms with Crippen molar-refractivity contribution >= 4 is 10.8 Å². The molecule has 0 atom stereocenters. The van der Waals surface area contributed by atoms with Crippen LogP contribution in [0.3, 0.4) is 0 Å². The van der Waals surface area contributed by atoms with E-state index in [1.165, 1.54) is 18.1 Å². The summed E-state index contributed by atoms with van der Waals surface area (Å²) in [5.41, 5.74) is 1.41. The van der Waals surface area contributed by atoms with Crippen molar-refractivity contribution in [2.45, 2.75) is 31.8 Å². The quantitative estimate of drug-likeness (QED) is 0.577. The van der Waals surface area contributed by atoms with E-state index in [4.69, 9.17) is 4.74 Å². The van der Waals surface area contributed by atoms with E-state index in [-0.39, 0.29) is 11.9 Å². The van der Waals surface area contributed by atoms with Crippen LogP contribution in [0.15, 0.2) is 66.7 Å². The number of rotatable bonds is 6. The lowest BCUT2D eigenvalue weighted by atomic mass is 10.1. The lowest BCUT2D eigenvalue weighted by molar-refractivity contribution is 0.101. The van der Waals surface area contributed by atoms with Gasteiger partial charge in [-0.2, -0.15) is 0 Å². The van der Waals surface area contributed by atoms with Gasteiger partial charge >= 0.3 is 0 Å². The molecule has 0 bridgehead atoms. The summed E-state index contributed by atoms with van der Waals surface area (Å²) in [5, 5.41) is 1.50. The fourth-order valence-corrected chi connectivity index (χ4v) is 3.94. The van der Waals surface area contributed by atoms with Crippen molar-refractivity contribution in [1.29, 1.82) is 0 Å². The number of benzene rings is 3. The van der Waals surface area contributed by atoms with Crippen LogP contribution in [-0.4, -0.2) is 30.6 Å². The minimum atomic E-state index is -0.207. The van der Waals surface area contributed by atoms with Gasteiger partial charge in [0, 0.05) is 13.1 Å². The van der Waals surface area contributed by atoms with E-state index < -0.39 is 0 Å². The molecule has 1 aliphatic rings. The maximum absolute atomic E-state index is 14.3. The first-order valence-electron chi connectivity index (χ1n) is 9.90. The molecule has 1 aliphatic heterocycles. The Morgan fingerprint density at radius 1 is 0.889 bits per heavy atom. The maximum Gasteiger partial charge on any atom is 0.134 e. The van der Waals surface area contributed by atoms with Crippen LogP contribution in [0.4, 0.5) is 4.39 Å². The molecule has 0 unspecified atom stereocenters. The van der Waals surface area contributed by atoms with Gasteiger partial charge < -0.3 is 9.64 Å². The van der Waals surface area contributed by atoms with Gasteiger partial charge in [-0.25, -0.2) is 4.39 Å². The van der Waals surface area contributed by atoms with Crippen molar-refractivity contribution in [2.24, 2.45) is 0 Å². The molecule has 3 aromatic rings. The largest absolute Gasteiger partial charge is 0.490 e. The van der Waals surface area contributed by atoms with Crippen LogP contribution < -0.4 is 4.74 Å². The Hall–Kier alpha value is -2.39. The molecule has 0 radical (unpaired) electrons. The highest BCUT2D eigenvalue weighted by atomic mass is 19.1. The molecule has 0 saturated carbocycles. The Morgan fingerprint density at radius 2 is 1.63 bits per heavy atom. The summed E-state index contributed by atoms with van der Waals surface area (Å²) < 4.78 is 20.5. The van der Waals surface area contributed by atoms with E-state index in [1.54, 1.807) is 6.07 Å². The predicted molar refractivity (Wildman–Crippen MR) is 109 cm³/mol. The number of aryl methyl sites for hydroxylation is 1. The molecule has 0 amide bonds. The molecule has 1 saturated heterocycles. The molecular formula is C24H26FNO. The number of piperidine rings is 1. The molecule has 1 fully saturated rings. The van der Waals surface area contributed by atoms with Gasteiger partial charge in [-0.05, 0) is 55.3 Å². The molecular weight excluding hydrogens is 337 g/mol. The third-order valence-electron chi connectivity index (χ3n) is 5.43. The number of likely N-dealkylation sites (tertiary alicyclic amines) is 1. The highest BCUT2D eigenvalue weighted by Crippen LogP contribution is 2.30. The van der Waals surface area contributed by atoms with Gasteiger partial charge in [0.1, 0.15) is 17.7 Å². The van der Waals surface area contributed by atoms with Gasteiger partial charge in [-0.3, -0.25) is 0 Å². The van der Waals surface area contributed by atoms with E-state index in [0.29, 0.717) is 11.1 Å². The van der Waals surface area contributed by atoms with E-state index in [2.05, 4.69) is 35.2 Å². The highest BCUT2D eigenvalue weighted by Gasteiger charge is 2.21. The van der Waals surface area contributed by atoms with E-state index >= 15 is 0 Å². The topological polar surface area (TPSA) is 12.5 Å². The van der Waals surface area contributed by atoms with Crippen LogP contribution in [0, 0.1) is 5.82 Å². The minimum Gasteiger partial charge on any atom is -0.490 e. The molecule has 140 valence electrons. The molecule has 0 aromatic heterocycles. The van der Waals surface area contributed by atoms with Gasteiger partial charge in [0.15, 0.2) is 0 Å². The summed E-state index contributed by atoms with van der Waals surface area (Å²) in [6, 6.07) is 21.6. The Morgan fingerprint density at radius 3 is 2.41 bits per heavy atom. The molecule has 3 aromatic carbocycles. The molecule has 2 nitrogen and oxygen atoms in total.